The molecule has 2 unspecified atom stereocenters. The molecule has 0 radical (unpaired) electrons. The van der Waals surface area contributed by atoms with Crippen LogP contribution in [0.15, 0.2) is 0 Å². The van der Waals surface area contributed by atoms with Crippen LogP contribution in [0.5, 0.6) is 0 Å². The molecule has 7 heteroatoms. The Morgan fingerprint density at radius 2 is 1.18 bits per heavy atom. The summed E-state index contributed by atoms with van der Waals surface area (Å²) in [5.74, 6) is -2.57. The molecule has 60 valence electrons. The van der Waals surface area contributed by atoms with E-state index in [1.807, 2.05) is 0 Å². The van der Waals surface area contributed by atoms with E-state index in [-0.39, 0.29) is 51.4 Å². The second-order valence-electron chi connectivity index (χ2n) is 1.57. The van der Waals surface area contributed by atoms with Crippen molar-refractivity contribution in [2.24, 2.45) is 0 Å². The fraction of sp³-hybridized carbons (Fsp3) is 0.500. The molecule has 0 saturated heterocycles. The number of carbonyl (C=O) groups is 2. The molecule has 0 aliphatic heterocycles. The van der Waals surface area contributed by atoms with Crippen molar-refractivity contribution >= 4 is 88.6 Å². The van der Waals surface area contributed by atoms with Gasteiger partial charge in [0.25, 0.3) is 0 Å². The number of hydrogen-bond donors (Lipinski definition) is 4. The van der Waals surface area contributed by atoms with Gasteiger partial charge in [0.15, 0.2) is 0 Å². The summed E-state index contributed by atoms with van der Waals surface area (Å²) in [6, 6.07) is 0. The predicted molar refractivity (Wildman–Crippen MR) is 48.0 cm³/mol. The normalized spacial score (nSPS) is 14.4. The summed E-state index contributed by atoms with van der Waals surface area (Å²) in [5.41, 5.74) is 0. The third-order valence-electron chi connectivity index (χ3n) is 0.805. The molecular formula is C4H7KO4S2. The average molecular weight is 222 g/mol. The number of carboxylic acid groups (broad SMARTS) is 2. The predicted octanol–water partition coefficient (Wildman–Crippen LogP) is -0.896. The van der Waals surface area contributed by atoms with Gasteiger partial charge in [-0.25, -0.2) is 0 Å². The Morgan fingerprint density at radius 3 is 1.27 bits per heavy atom. The van der Waals surface area contributed by atoms with Crippen LogP contribution in [0.2, 0.25) is 0 Å². The van der Waals surface area contributed by atoms with Crippen LogP contribution >= 0.6 is 25.3 Å². The fourth-order valence-corrected chi connectivity index (χ4v) is 0.525. The van der Waals surface area contributed by atoms with E-state index in [0.29, 0.717) is 0 Å². The summed E-state index contributed by atoms with van der Waals surface area (Å²) in [5, 5.41) is 13.9. The monoisotopic (exact) mass is 222 g/mol. The Kier molecular flexibility index (Phi) is 9.08. The maximum atomic E-state index is 10.1. The summed E-state index contributed by atoms with van der Waals surface area (Å²) in [7, 11) is 0. The van der Waals surface area contributed by atoms with Crippen LogP contribution in [-0.2, 0) is 9.59 Å². The molecule has 11 heavy (non-hydrogen) atoms. The van der Waals surface area contributed by atoms with Crippen molar-refractivity contribution in [2.45, 2.75) is 10.5 Å². The Labute approximate surface area is 117 Å². The third-order valence-corrected chi connectivity index (χ3v) is 2.08. The molecule has 0 aliphatic rings. The molecule has 0 heterocycles. The number of carboxylic acids is 2. The van der Waals surface area contributed by atoms with E-state index in [2.05, 4.69) is 25.3 Å². The first-order valence-electron chi connectivity index (χ1n) is 2.28. The van der Waals surface area contributed by atoms with Crippen LogP contribution in [0.4, 0.5) is 0 Å². The third kappa shape index (κ3) is 5.51. The van der Waals surface area contributed by atoms with E-state index in [1.165, 1.54) is 0 Å². The molecule has 4 nitrogen and oxygen atoms in total. The zero-order chi connectivity index (χ0) is 8.31. The van der Waals surface area contributed by atoms with Crippen molar-refractivity contribution in [3.8, 4) is 0 Å². The SMILES string of the molecule is O=C(O)C(S)C(S)C(=O)O.[KH]. The molecule has 0 amide bonds. The quantitative estimate of drug-likeness (QED) is 0.369. The first-order chi connectivity index (χ1) is 4.46. The first kappa shape index (κ1) is 14.8. The van der Waals surface area contributed by atoms with E-state index >= 15 is 0 Å². The van der Waals surface area contributed by atoms with Crippen LogP contribution in [0.3, 0.4) is 0 Å². The molecule has 2 N–H and O–H groups in total. The van der Waals surface area contributed by atoms with Gasteiger partial charge in [0.2, 0.25) is 0 Å². The minimum absolute atomic E-state index is 0. The molecule has 0 fully saturated rings. The summed E-state index contributed by atoms with van der Waals surface area (Å²) in [4.78, 5) is 20.1. The minimum atomic E-state index is -1.29. The zero-order valence-corrected chi connectivity index (χ0v) is 6.55. The van der Waals surface area contributed by atoms with Crippen molar-refractivity contribution in [1.29, 1.82) is 0 Å². The van der Waals surface area contributed by atoms with E-state index < -0.39 is 22.4 Å². The van der Waals surface area contributed by atoms with Gasteiger partial charge in [-0.3, -0.25) is 9.59 Å². The van der Waals surface area contributed by atoms with Gasteiger partial charge in [-0.05, 0) is 0 Å². The number of aliphatic carboxylic acids is 2. The van der Waals surface area contributed by atoms with E-state index in [0.717, 1.165) is 0 Å². The van der Waals surface area contributed by atoms with Gasteiger partial charge in [-0.15, -0.1) is 0 Å². The fourth-order valence-electron chi connectivity index (χ4n) is 0.270. The Balaban J connectivity index is 0. The topological polar surface area (TPSA) is 74.6 Å². The molecule has 0 aromatic carbocycles. The average Bonchev–Trinajstić information content (AvgIpc) is 1.84. The Bertz CT molecular complexity index is 144. The maximum absolute atomic E-state index is 10.1. The van der Waals surface area contributed by atoms with Crippen molar-refractivity contribution in [1.82, 2.24) is 0 Å². The van der Waals surface area contributed by atoms with E-state index in [9.17, 15) is 9.59 Å². The molecule has 0 aromatic rings. The van der Waals surface area contributed by atoms with Crippen LogP contribution in [0, 0.1) is 0 Å². The summed E-state index contributed by atoms with van der Waals surface area (Å²) in [6.45, 7) is 0. The van der Waals surface area contributed by atoms with Crippen molar-refractivity contribution in [3.05, 3.63) is 0 Å². The summed E-state index contributed by atoms with van der Waals surface area (Å²) >= 11 is 7.00. The first-order valence-corrected chi connectivity index (χ1v) is 3.32. The molecule has 0 saturated carbocycles. The van der Waals surface area contributed by atoms with Gasteiger partial charge in [0.1, 0.15) is 10.5 Å². The second kappa shape index (κ2) is 6.76. The van der Waals surface area contributed by atoms with Crippen LogP contribution < -0.4 is 0 Å². The van der Waals surface area contributed by atoms with Crippen LogP contribution in [0.1, 0.15) is 0 Å². The molecule has 0 spiro atoms. The summed E-state index contributed by atoms with van der Waals surface area (Å²) in [6.07, 6.45) is 0. The Hall–Kier alpha value is 1.28. The zero-order valence-electron chi connectivity index (χ0n) is 4.76. The van der Waals surface area contributed by atoms with Gasteiger partial charge >= 0.3 is 63.3 Å². The van der Waals surface area contributed by atoms with Crippen molar-refractivity contribution < 1.29 is 19.8 Å². The summed E-state index contributed by atoms with van der Waals surface area (Å²) < 4.78 is 0. The number of hydrogen-bond acceptors (Lipinski definition) is 4. The number of thiol groups is 2. The van der Waals surface area contributed by atoms with Crippen LogP contribution in [0.25, 0.3) is 0 Å². The van der Waals surface area contributed by atoms with Gasteiger partial charge in [0.05, 0.1) is 0 Å². The van der Waals surface area contributed by atoms with Gasteiger partial charge < -0.3 is 10.2 Å². The van der Waals surface area contributed by atoms with E-state index in [1.54, 1.807) is 0 Å². The molecular weight excluding hydrogens is 215 g/mol. The molecule has 2 atom stereocenters. The molecule has 0 rings (SSSR count). The van der Waals surface area contributed by atoms with Gasteiger partial charge in [0, 0.05) is 0 Å². The Morgan fingerprint density at radius 1 is 1.00 bits per heavy atom. The van der Waals surface area contributed by atoms with Crippen molar-refractivity contribution in [2.75, 3.05) is 0 Å². The molecule has 0 aromatic heterocycles. The molecule has 0 aliphatic carbocycles. The van der Waals surface area contributed by atoms with Gasteiger partial charge in [-0.1, -0.05) is 0 Å². The van der Waals surface area contributed by atoms with Crippen LogP contribution in [-0.4, -0.2) is 84.0 Å². The number of rotatable bonds is 3. The second-order valence-corrected chi connectivity index (χ2v) is 2.68. The van der Waals surface area contributed by atoms with Gasteiger partial charge in [-0.2, -0.15) is 25.3 Å². The molecule has 0 bridgehead atoms. The van der Waals surface area contributed by atoms with E-state index in [4.69, 9.17) is 10.2 Å². The van der Waals surface area contributed by atoms with Crippen molar-refractivity contribution in [3.63, 3.8) is 0 Å². The standard InChI is InChI=1S/C4H6O4S2.K.H/c5-3(6)1(9)2(10)4(7)8;;/h1-2,9-10H,(H,5,6)(H,7,8);;.